The van der Waals surface area contributed by atoms with Gasteiger partial charge in [-0.2, -0.15) is 0 Å². The first kappa shape index (κ1) is 25.3. The molecule has 1 fully saturated rings. The number of aliphatic hydroxyl groups excluding tert-OH is 1. The maximum absolute atomic E-state index is 13.1. The van der Waals surface area contributed by atoms with Crippen molar-refractivity contribution in [3.63, 3.8) is 0 Å². The zero-order valence-electron chi connectivity index (χ0n) is 19.6. The summed E-state index contributed by atoms with van der Waals surface area (Å²) in [6.45, 7) is 7.07. The topological polar surface area (TPSA) is 79.3 Å². The van der Waals surface area contributed by atoms with Gasteiger partial charge in [0.25, 0.3) is 11.7 Å². The van der Waals surface area contributed by atoms with E-state index in [9.17, 15) is 14.7 Å². The Kier molecular flexibility index (Phi) is 8.36. The van der Waals surface area contributed by atoms with E-state index in [1.165, 1.54) is 4.90 Å². The fourth-order valence-corrected chi connectivity index (χ4v) is 3.89. The first-order valence-corrected chi connectivity index (χ1v) is 11.4. The van der Waals surface area contributed by atoms with Crippen LogP contribution in [0.15, 0.2) is 60.7 Å². The molecule has 1 heterocycles. The fourth-order valence-electron chi connectivity index (χ4n) is 3.76. The quantitative estimate of drug-likeness (QED) is 0.234. The molecule has 0 spiro atoms. The monoisotopic (exact) mass is 484 g/mol. The molecule has 1 atom stereocenters. The molecule has 0 aliphatic carbocycles. The van der Waals surface area contributed by atoms with Crippen LogP contribution in [0.2, 0.25) is 5.02 Å². The predicted molar refractivity (Wildman–Crippen MR) is 132 cm³/mol. The van der Waals surface area contributed by atoms with E-state index in [2.05, 4.69) is 6.58 Å². The summed E-state index contributed by atoms with van der Waals surface area (Å²) in [6, 6.07) is 10.9. The smallest absolute Gasteiger partial charge is 0.295 e. The summed E-state index contributed by atoms with van der Waals surface area (Å²) >= 11 is 5.98. The molecule has 34 heavy (non-hydrogen) atoms. The van der Waals surface area contributed by atoms with Crippen molar-refractivity contribution < 1.29 is 24.2 Å². The van der Waals surface area contributed by atoms with Crippen LogP contribution in [-0.2, 0) is 9.59 Å². The number of likely N-dealkylation sites (N-methyl/N-ethyl adjacent to an activating group) is 1. The molecule has 0 radical (unpaired) electrons. The molecule has 8 heteroatoms. The third-order valence-electron chi connectivity index (χ3n) is 5.39. The van der Waals surface area contributed by atoms with E-state index < -0.39 is 17.7 Å². The average molecular weight is 485 g/mol. The molecule has 1 saturated heterocycles. The summed E-state index contributed by atoms with van der Waals surface area (Å²) < 4.78 is 11.5. The van der Waals surface area contributed by atoms with Gasteiger partial charge in [-0.15, -0.1) is 0 Å². The third kappa shape index (κ3) is 5.43. The number of amides is 1. The zero-order valence-corrected chi connectivity index (χ0v) is 20.3. The van der Waals surface area contributed by atoms with Crippen LogP contribution in [0.25, 0.3) is 5.76 Å². The van der Waals surface area contributed by atoms with Crippen LogP contribution >= 0.6 is 11.6 Å². The van der Waals surface area contributed by atoms with Crippen LogP contribution in [0.3, 0.4) is 0 Å². The average Bonchev–Trinajstić information content (AvgIpc) is 3.07. The van der Waals surface area contributed by atoms with Gasteiger partial charge >= 0.3 is 0 Å². The second kappa shape index (κ2) is 11.2. The lowest BCUT2D eigenvalue weighted by atomic mass is 9.95. The van der Waals surface area contributed by atoms with Crippen molar-refractivity contribution in [1.29, 1.82) is 0 Å². The molecule has 0 saturated carbocycles. The summed E-state index contributed by atoms with van der Waals surface area (Å²) in [5.41, 5.74) is 1.05. The highest BCUT2D eigenvalue weighted by Crippen LogP contribution is 2.42. The van der Waals surface area contributed by atoms with Gasteiger partial charge in [-0.25, -0.2) is 0 Å². The van der Waals surface area contributed by atoms with E-state index >= 15 is 0 Å². The summed E-state index contributed by atoms with van der Waals surface area (Å²) in [6.07, 6.45) is 1.63. The van der Waals surface area contributed by atoms with Crippen molar-refractivity contribution in [3.8, 4) is 11.5 Å². The fraction of sp³-hybridized carbons (Fsp3) is 0.308. The number of nitrogens with zero attached hydrogens (tertiary/aromatic N) is 2. The highest BCUT2D eigenvalue weighted by atomic mass is 35.5. The number of carbonyl (C=O) groups excluding carboxylic acids is 2. The van der Waals surface area contributed by atoms with Gasteiger partial charge in [-0.05, 0) is 63.0 Å². The van der Waals surface area contributed by atoms with E-state index in [1.54, 1.807) is 48.5 Å². The van der Waals surface area contributed by atoms with Crippen LogP contribution in [-0.4, -0.2) is 67.0 Å². The Balaban J connectivity index is 2.15. The maximum atomic E-state index is 13.1. The van der Waals surface area contributed by atoms with Gasteiger partial charge in [0.1, 0.15) is 12.4 Å². The number of Topliss-reactive ketones (excluding diaryl/α,β-unsaturated/α-hetero) is 1. The Labute approximate surface area is 204 Å². The van der Waals surface area contributed by atoms with Gasteiger partial charge in [0, 0.05) is 23.7 Å². The lowest BCUT2D eigenvalue weighted by molar-refractivity contribution is -0.140. The van der Waals surface area contributed by atoms with E-state index in [-0.39, 0.29) is 11.3 Å². The van der Waals surface area contributed by atoms with Gasteiger partial charge in [0.15, 0.2) is 11.5 Å². The Hall–Kier alpha value is -3.29. The number of aliphatic hydroxyl groups is 1. The molecule has 1 amide bonds. The second-order valence-corrected chi connectivity index (χ2v) is 8.48. The first-order valence-electron chi connectivity index (χ1n) is 11.0. The van der Waals surface area contributed by atoms with Crippen LogP contribution < -0.4 is 9.47 Å². The molecule has 1 unspecified atom stereocenters. The Morgan fingerprint density at radius 2 is 1.85 bits per heavy atom. The Bertz CT molecular complexity index is 1090. The summed E-state index contributed by atoms with van der Waals surface area (Å²) in [4.78, 5) is 29.6. The molecule has 3 rings (SSSR count). The number of halogens is 1. The molecule has 1 N–H and O–H groups in total. The number of rotatable bonds is 10. The Morgan fingerprint density at radius 3 is 2.47 bits per heavy atom. The van der Waals surface area contributed by atoms with Crippen molar-refractivity contribution in [2.75, 3.05) is 40.4 Å². The van der Waals surface area contributed by atoms with E-state index in [0.717, 1.165) is 0 Å². The number of hydrogen-bond acceptors (Lipinski definition) is 6. The van der Waals surface area contributed by atoms with Gasteiger partial charge in [-0.1, -0.05) is 30.3 Å². The minimum absolute atomic E-state index is 0.0216. The molecular formula is C26H29ClN2O5. The number of ketones is 1. The molecule has 0 bridgehead atoms. The lowest BCUT2D eigenvalue weighted by Gasteiger charge is -2.27. The van der Waals surface area contributed by atoms with E-state index in [4.69, 9.17) is 21.1 Å². The van der Waals surface area contributed by atoms with Gasteiger partial charge < -0.3 is 24.4 Å². The van der Waals surface area contributed by atoms with Gasteiger partial charge in [0.2, 0.25) is 0 Å². The molecule has 1 aliphatic rings. The molecular weight excluding hydrogens is 456 g/mol. The normalized spacial score (nSPS) is 17.3. The standard InChI is InChI=1S/C26H29ClN2O5/c1-5-15-34-20-12-9-18(16-21(20)33-6-2)23-22(24(30)17-7-10-19(27)11-8-17)25(31)26(32)29(23)14-13-28(3)4/h5,7-12,16,23,30H,1,6,13-15H2,2-4H3. The van der Waals surface area contributed by atoms with Gasteiger partial charge in [0.05, 0.1) is 18.2 Å². The second-order valence-electron chi connectivity index (χ2n) is 8.04. The number of hydrogen-bond donors (Lipinski definition) is 1. The largest absolute Gasteiger partial charge is 0.507 e. The van der Waals surface area contributed by atoms with Crippen molar-refractivity contribution in [1.82, 2.24) is 9.80 Å². The van der Waals surface area contributed by atoms with Crippen molar-refractivity contribution in [3.05, 3.63) is 76.8 Å². The maximum Gasteiger partial charge on any atom is 0.295 e. The molecule has 2 aromatic carbocycles. The van der Waals surface area contributed by atoms with Crippen LogP contribution in [0.1, 0.15) is 24.1 Å². The minimum Gasteiger partial charge on any atom is -0.507 e. The summed E-state index contributed by atoms with van der Waals surface area (Å²) in [5, 5.41) is 11.6. The third-order valence-corrected chi connectivity index (χ3v) is 5.64. The highest BCUT2D eigenvalue weighted by Gasteiger charge is 2.46. The van der Waals surface area contributed by atoms with Crippen molar-refractivity contribution in [2.24, 2.45) is 0 Å². The van der Waals surface area contributed by atoms with Crippen LogP contribution in [0, 0.1) is 0 Å². The predicted octanol–water partition coefficient (Wildman–Crippen LogP) is 4.29. The number of benzene rings is 2. The molecule has 2 aromatic rings. The number of ether oxygens (including phenoxy) is 2. The molecule has 1 aliphatic heterocycles. The number of likely N-dealkylation sites (tertiary alicyclic amines) is 1. The molecule has 7 nitrogen and oxygen atoms in total. The lowest BCUT2D eigenvalue weighted by Crippen LogP contribution is -2.35. The van der Waals surface area contributed by atoms with Crippen LogP contribution in [0.5, 0.6) is 11.5 Å². The Morgan fingerprint density at radius 1 is 1.15 bits per heavy atom. The first-order chi connectivity index (χ1) is 16.3. The van der Waals surface area contributed by atoms with Gasteiger partial charge in [-0.3, -0.25) is 9.59 Å². The minimum atomic E-state index is -0.789. The molecule has 180 valence electrons. The van der Waals surface area contributed by atoms with E-state index in [1.807, 2.05) is 25.9 Å². The SMILES string of the molecule is C=CCOc1ccc(C2C(=C(O)c3ccc(Cl)cc3)C(=O)C(=O)N2CCN(C)C)cc1OCC. The zero-order chi connectivity index (χ0) is 24.8. The van der Waals surface area contributed by atoms with E-state index in [0.29, 0.717) is 54.0 Å². The number of carbonyl (C=O) groups is 2. The summed E-state index contributed by atoms with van der Waals surface area (Å²) in [7, 11) is 3.77. The highest BCUT2D eigenvalue weighted by molar-refractivity contribution is 6.46. The summed E-state index contributed by atoms with van der Waals surface area (Å²) in [5.74, 6) is -0.647. The van der Waals surface area contributed by atoms with Crippen molar-refractivity contribution >= 4 is 29.1 Å². The molecule has 0 aromatic heterocycles. The van der Waals surface area contributed by atoms with Crippen LogP contribution in [0.4, 0.5) is 0 Å². The van der Waals surface area contributed by atoms with Crippen molar-refractivity contribution in [2.45, 2.75) is 13.0 Å².